The molecule has 1 aliphatic rings. The third-order valence-corrected chi connectivity index (χ3v) is 5.81. The maximum atomic E-state index is 12.9. The van der Waals surface area contributed by atoms with Gasteiger partial charge in [-0.05, 0) is 30.5 Å². The van der Waals surface area contributed by atoms with E-state index in [0.29, 0.717) is 23.6 Å². The second-order valence-corrected chi connectivity index (χ2v) is 7.60. The highest BCUT2D eigenvalue weighted by molar-refractivity contribution is 7.99. The standard InChI is InChI=1S/C17H18N2O3S2/c1-11-14(2-3-15(18-11)12-4-6-23-9-12)17(22)19-5-7-24-10-13(19)8-16(20)21/h2-4,6,9,13H,5,7-8,10H2,1H3,(H,20,21). The number of hydrogen-bond acceptors (Lipinski definition) is 5. The topological polar surface area (TPSA) is 70.5 Å². The number of carbonyl (C=O) groups is 2. The number of aryl methyl sites for hydroxylation is 1. The minimum atomic E-state index is -0.872. The smallest absolute Gasteiger partial charge is 0.305 e. The molecule has 2 aromatic rings. The Balaban J connectivity index is 1.84. The molecule has 1 aliphatic heterocycles. The van der Waals surface area contributed by atoms with Crippen molar-refractivity contribution in [3.63, 3.8) is 0 Å². The molecule has 3 rings (SSSR count). The molecule has 0 radical (unpaired) electrons. The van der Waals surface area contributed by atoms with E-state index in [-0.39, 0.29) is 18.4 Å². The van der Waals surface area contributed by atoms with Gasteiger partial charge in [0, 0.05) is 29.0 Å². The van der Waals surface area contributed by atoms with Gasteiger partial charge in [0.25, 0.3) is 5.91 Å². The number of pyridine rings is 1. The Morgan fingerprint density at radius 3 is 2.88 bits per heavy atom. The molecule has 126 valence electrons. The molecule has 1 amide bonds. The van der Waals surface area contributed by atoms with Crippen molar-refractivity contribution >= 4 is 35.0 Å². The van der Waals surface area contributed by atoms with Gasteiger partial charge in [-0.3, -0.25) is 14.6 Å². The van der Waals surface area contributed by atoms with Crippen molar-refractivity contribution in [2.75, 3.05) is 18.1 Å². The molecule has 1 N–H and O–H groups in total. The van der Waals surface area contributed by atoms with Crippen LogP contribution in [0.4, 0.5) is 0 Å². The van der Waals surface area contributed by atoms with E-state index in [2.05, 4.69) is 4.98 Å². The molecule has 0 aliphatic carbocycles. The van der Waals surface area contributed by atoms with Crippen LogP contribution in [-0.4, -0.2) is 51.0 Å². The number of carbonyl (C=O) groups excluding carboxylic acids is 1. The fourth-order valence-corrected chi connectivity index (χ4v) is 4.52. The molecule has 5 nitrogen and oxygen atoms in total. The molecular weight excluding hydrogens is 344 g/mol. The molecule has 0 saturated carbocycles. The number of carboxylic acid groups (broad SMARTS) is 1. The number of hydrogen-bond donors (Lipinski definition) is 1. The molecule has 24 heavy (non-hydrogen) atoms. The van der Waals surface area contributed by atoms with Crippen LogP contribution in [0, 0.1) is 6.92 Å². The molecule has 7 heteroatoms. The first-order valence-electron chi connectivity index (χ1n) is 7.67. The molecule has 2 aromatic heterocycles. The van der Waals surface area contributed by atoms with Crippen LogP contribution in [0.25, 0.3) is 11.3 Å². The van der Waals surface area contributed by atoms with E-state index in [4.69, 9.17) is 5.11 Å². The number of thiophene rings is 1. The summed E-state index contributed by atoms with van der Waals surface area (Å²) in [6.07, 6.45) is -0.0157. The predicted molar refractivity (Wildman–Crippen MR) is 96.7 cm³/mol. The third kappa shape index (κ3) is 3.62. The molecule has 0 bridgehead atoms. The van der Waals surface area contributed by atoms with Crippen LogP contribution in [0.1, 0.15) is 22.5 Å². The lowest BCUT2D eigenvalue weighted by molar-refractivity contribution is -0.138. The largest absolute Gasteiger partial charge is 0.481 e. The highest BCUT2D eigenvalue weighted by Gasteiger charge is 2.30. The first kappa shape index (κ1) is 17.0. The van der Waals surface area contributed by atoms with Crippen molar-refractivity contribution < 1.29 is 14.7 Å². The van der Waals surface area contributed by atoms with Crippen molar-refractivity contribution in [1.29, 1.82) is 0 Å². The Kier molecular flexibility index (Phi) is 5.20. The third-order valence-electron chi connectivity index (χ3n) is 4.03. The van der Waals surface area contributed by atoms with Gasteiger partial charge in [0.2, 0.25) is 0 Å². The van der Waals surface area contributed by atoms with Gasteiger partial charge in [-0.15, -0.1) is 0 Å². The second-order valence-electron chi connectivity index (χ2n) is 5.67. The molecule has 3 heterocycles. The molecule has 0 aromatic carbocycles. The van der Waals surface area contributed by atoms with Gasteiger partial charge in [0.1, 0.15) is 0 Å². The van der Waals surface area contributed by atoms with Crippen LogP contribution in [0.3, 0.4) is 0 Å². The minimum Gasteiger partial charge on any atom is -0.481 e. The zero-order valence-electron chi connectivity index (χ0n) is 13.3. The van der Waals surface area contributed by atoms with Gasteiger partial charge in [-0.1, -0.05) is 0 Å². The summed E-state index contributed by atoms with van der Waals surface area (Å²) in [4.78, 5) is 30.2. The van der Waals surface area contributed by atoms with Crippen LogP contribution < -0.4 is 0 Å². The SMILES string of the molecule is Cc1nc(-c2ccsc2)ccc1C(=O)N1CCSCC1CC(=O)O. The van der Waals surface area contributed by atoms with Crippen molar-refractivity contribution in [1.82, 2.24) is 9.88 Å². The van der Waals surface area contributed by atoms with E-state index in [1.165, 1.54) is 0 Å². The van der Waals surface area contributed by atoms with Crippen LogP contribution in [-0.2, 0) is 4.79 Å². The van der Waals surface area contributed by atoms with Gasteiger partial charge >= 0.3 is 5.97 Å². The van der Waals surface area contributed by atoms with Gasteiger partial charge in [0.15, 0.2) is 0 Å². The Morgan fingerprint density at radius 2 is 2.21 bits per heavy atom. The van der Waals surface area contributed by atoms with Gasteiger partial charge < -0.3 is 10.0 Å². The number of carboxylic acids is 1. The molecule has 1 unspecified atom stereocenters. The van der Waals surface area contributed by atoms with Gasteiger partial charge in [0.05, 0.1) is 29.4 Å². The molecule has 0 spiro atoms. The summed E-state index contributed by atoms with van der Waals surface area (Å²) in [6.45, 7) is 2.40. The lowest BCUT2D eigenvalue weighted by atomic mass is 10.1. The van der Waals surface area contributed by atoms with E-state index < -0.39 is 5.97 Å². The summed E-state index contributed by atoms with van der Waals surface area (Å²) >= 11 is 3.30. The maximum Gasteiger partial charge on any atom is 0.305 e. The van der Waals surface area contributed by atoms with Crippen molar-refractivity contribution in [3.8, 4) is 11.3 Å². The molecular formula is C17H18N2O3S2. The number of aliphatic carboxylic acids is 1. The van der Waals surface area contributed by atoms with E-state index in [9.17, 15) is 9.59 Å². The van der Waals surface area contributed by atoms with Crippen LogP contribution in [0.2, 0.25) is 0 Å². The normalized spacial score (nSPS) is 17.7. The summed E-state index contributed by atoms with van der Waals surface area (Å²) in [5.41, 5.74) is 3.12. The number of amides is 1. The quantitative estimate of drug-likeness (QED) is 0.905. The van der Waals surface area contributed by atoms with Crippen molar-refractivity contribution in [2.24, 2.45) is 0 Å². The van der Waals surface area contributed by atoms with Crippen LogP contribution >= 0.6 is 23.1 Å². The number of nitrogens with zero attached hydrogens (tertiary/aromatic N) is 2. The van der Waals surface area contributed by atoms with Crippen molar-refractivity contribution in [3.05, 3.63) is 40.2 Å². The average molecular weight is 362 g/mol. The Morgan fingerprint density at radius 1 is 1.38 bits per heavy atom. The lowest BCUT2D eigenvalue weighted by Crippen LogP contribution is -2.47. The van der Waals surface area contributed by atoms with Crippen molar-refractivity contribution in [2.45, 2.75) is 19.4 Å². The first-order valence-corrected chi connectivity index (χ1v) is 9.76. The Labute approximate surface area is 148 Å². The summed E-state index contributed by atoms with van der Waals surface area (Å²) in [5.74, 6) is 0.505. The fraction of sp³-hybridized carbons (Fsp3) is 0.353. The number of rotatable bonds is 4. The number of aromatic nitrogens is 1. The highest BCUT2D eigenvalue weighted by atomic mass is 32.2. The molecule has 1 atom stereocenters. The summed E-state index contributed by atoms with van der Waals surface area (Å²) in [7, 11) is 0. The first-order chi connectivity index (χ1) is 11.6. The maximum absolute atomic E-state index is 12.9. The summed E-state index contributed by atoms with van der Waals surface area (Å²) in [6, 6.07) is 5.40. The summed E-state index contributed by atoms with van der Waals surface area (Å²) < 4.78 is 0. The van der Waals surface area contributed by atoms with E-state index in [1.807, 2.05) is 29.8 Å². The molecule has 1 fully saturated rings. The predicted octanol–water partition coefficient (Wildman–Crippen LogP) is 3.15. The number of thioether (sulfide) groups is 1. The average Bonchev–Trinajstić information content (AvgIpc) is 3.08. The van der Waals surface area contributed by atoms with Gasteiger partial charge in [-0.25, -0.2) is 0 Å². The van der Waals surface area contributed by atoms with Gasteiger partial charge in [-0.2, -0.15) is 23.1 Å². The van der Waals surface area contributed by atoms with Crippen LogP contribution in [0.5, 0.6) is 0 Å². The Hall–Kier alpha value is -1.86. The van der Waals surface area contributed by atoms with Crippen LogP contribution in [0.15, 0.2) is 29.0 Å². The zero-order chi connectivity index (χ0) is 17.1. The monoisotopic (exact) mass is 362 g/mol. The molecule has 1 saturated heterocycles. The summed E-state index contributed by atoms with van der Waals surface area (Å²) in [5, 5.41) is 13.1. The zero-order valence-corrected chi connectivity index (χ0v) is 14.9. The minimum absolute atomic E-state index is 0.0157. The second kappa shape index (κ2) is 7.36. The van der Waals surface area contributed by atoms with E-state index >= 15 is 0 Å². The lowest BCUT2D eigenvalue weighted by Gasteiger charge is -2.35. The Bertz CT molecular complexity index is 746. The van der Waals surface area contributed by atoms with E-state index in [0.717, 1.165) is 17.0 Å². The van der Waals surface area contributed by atoms with E-state index in [1.54, 1.807) is 34.1 Å². The highest BCUT2D eigenvalue weighted by Crippen LogP contribution is 2.25. The fourth-order valence-electron chi connectivity index (χ4n) is 2.81.